The lowest BCUT2D eigenvalue weighted by atomic mass is 9.66. The van der Waals surface area contributed by atoms with E-state index in [0.717, 1.165) is 6.42 Å². The minimum atomic E-state index is -2.12. The molecule has 0 saturated carbocycles. The molecule has 1 spiro atoms. The zero-order chi connectivity index (χ0) is 27.2. The Hall–Kier alpha value is -4.08. The normalized spacial score (nSPS) is 18.5. The van der Waals surface area contributed by atoms with Crippen LogP contribution in [0.3, 0.4) is 0 Å². The molecule has 198 valence electrons. The van der Waals surface area contributed by atoms with Gasteiger partial charge in [-0.05, 0) is 26.3 Å². The number of para-hydroxylation sites is 1. The summed E-state index contributed by atoms with van der Waals surface area (Å²) in [6.45, 7) is 9.25. The minimum Gasteiger partial charge on any atom is -0.466 e. The maximum absolute atomic E-state index is 13.9. The van der Waals surface area contributed by atoms with Crippen molar-refractivity contribution in [3.05, 3.63) is 65.2 Å². The van der Waals surface area contributed by atoms with Crippen LogP contribution in [0.15, 0.2) is 59.6 Å². The number of esters is 4. The quantitative estimate of drug-likeness (QED) is 0.204. The molecule has 0 aliphatic carbocycles. The molecular formula is C27H32N2O8. The lowest BCUT2D eigenvalue weighted by Gasteiger charge is -2.41. The van der Waals surface area contributed by atoms with Gasteiger partial charge in [0.1, 0.15) is 29.1 Å². The van der Waals surface area contributed by atoms with E-state index >= 15 is 0 Å². The Kier molecular flexibility index (Phi) is 8.75. The molecule has 2 aliphatic heterocycles. The average molecular weight is 513 g/mol. The Morgan fingerprint density at radius 1 is 1.05 bits per heavy atom. The number of anilines is 1. The van der Waals surface area contributed by atoms with E-state index in [2.05, 4.69) is 6.58 Å². The van der Waals surface area contributed by atoms with Crippen LogP contribution in [0, 0.1) is 0 Å². The lowest BCUT2D eigenvalue weighted by Crippen LogP contribution is -2.50. The molecule has 0 radical (unpaired) electrons. The van der Waals surface area contributed by atoms with Gasteiger partial charge < -0.3 is 29.6 Å². The van der Waals surface area contributed by atoms with Crippen LogP contribution in [-0.4, -0.2) is 50.2 Å². The first-order valence-electron chi connectivity index (χ1n) is 12.2. The smallest absolute Gasteiger partial charge is 0.339 e. The van der Waals surface area contributed by atoms with Gasteiger partial charge in [-0.15, -0.1) is 6.58 Å². The van der Waals surface area contributed by atoms with Gasteiger partial charge in [0.25, 0.3) is 0 Å². The molecule has 3 rings (SSSR count). The maximum Gasteiger partial charge on any atom is 0.339 e. The lowest BCUT2D eigenvalue weighted by molar-refractivity contribution is -0.148. The van der Waals surface area contributed by atoms with Crippen LogP contribution in [0.2, 0.25) is 0 Å². The highest BCUT2D eigenvalue weighted by molar-refractivity contribution is 6.16. The number of carbonyl (C=O) groups excluding carboxylic acids is 4. The predicted molar refractivity (Wildman–Crippen MR) is 134 cm³/mol. The van der Waals surface area contributed by atoms with Gasteiger partial charge in [-0.2, -0.15) is 0 Å². The topological polar surface area (TPSA) is 134 Å². The monoisotopic (exact) mass is 512 g/mol. The summed E-state index contributed by atoms with van der Waals surface area (Å²) in [6.07, 6.45) is 2.41. The van der Waals surface area contributed by atoms with Crippen molar-refractivity contribution in [3.63, 3.8) is 0 Å². The van der Waals surface area contributed by atoms with Gasteiger partial charge in [-0.25, -0.2) is 14.4 Å². The van der Waals surface area contributed by atoms with Crippen molar-refractivity contribution < 1.29 is 38.1 Å². The first-order chi connectivity index (χ1) is 17.8. The highest BCUT2D eigenvalue weighted by Gasteiger charge is 2.64. The summed E-state index contributed by atoms with van der Waals surface area (Å²) < 4.78 is 21.4. The zero-order valence-electron chi connectivity index (χ0n) is 21.3. The summed E-state index contributed by atoms with van der Waals surface area (Å²) >= 11 is 0. The maximum atomic E-state index is 13.9. The van der Waals surface area contributed by atoms with Gasteiger partial charge in [0.05, 0.1) is 19.8 Å². The summed E-state index contributed by atoms with van der Waals surface area (Å²) in [7, 11) is 0. The van der Waals surface area contributed by atoms with Crippen LogP contribution in [0.4, 0.5) is 5.69 Å². The zero-order valence-corrected chi connectivity index (χ0v) is 21.3. The SMILES string of the molecule is C=CCN1C(N)=C(C(=O)OCCCC)[C@@]2(C(=O)OC(CC(=O)OCC)=C2C(=O)OCC)c2ccccc21. The van der Waals surface area contributed by atoms with Crippen LogP contribution in [0.5, 0.6) is 0 Å². The number of hydrogen-bond donors (Lipinski definition) is 1. The molecule has 0 fully saturated rings. The Bertz CT molecular complexity index is 1170. The third kappa shape index (κ3) is 4.83. The first-order valence-corrected chi connectivity index (χ1v) is 12.2. The molecule has 10 nitrogen and oxygen atoms in total. The van der Waals surface area contributed by atoms with Crippen LogP contribution >= 0.6 is 0 Å². The molecule has 0 amide bonds. The fourth-order valence-electron chi connectivity index (χ4n) is 4.54. The molecule has 0 saturated heterocycles. The summed E-state index contributed by atoms with van der Waals surface area (Å²) in [5.41, 5.74) is 4.58. The van der Waals surface area contributed by atoms with E-state index in [-0.39, 0.29) is 54.7 Å². The third-order valence-electron chi connectivity index (χ3n) is 6.03. The average Bonchev–Trinajstić information content (AvgIpc) is 3.13. The summed E-state index contributed by atoms with van der Waals surface area (Å²) in [4.78, 5) is 54.9. The van der Waals surface area contributed by atoms with E-state index in [0.29, 0.717) is 12.1 Å². The van der Waals surface area contributed by atoms with Crippen molar-refractivity contribution >= 4 is 29.6 Å². The van der Waals surface area contributed by atoms with Crippen molar-refractivity contribution in [1.82, 2.24) is 0 Å². The Morgan fingerprint density at radius 2 is 1.73 bits per heavy atom. The molecule has 2 aliphatic rings. The van der Waals surface area contributed by atoms with Gasteiger partial charge >= 0.3 is 23.9 Å². The van der Waals surface area contributed by atoms with E-state index in [1.54, 1.807) is 49.1 Å². The van der Waals surface area contributed by atoms with Crippen molar-refractivity contribution in [2.75, 3.05) is 31.3 Å². The molecule has 37 heavy (non-hydrogen) atoms. The predicted octanol–water partition coefficient (Wildman–Crippen LogP) is 2.77. The molecule has 0 bridgehead atoms. The molecule has 0 aromatic heterocycles. The van der Waals surface area contributed by atoms with Gasteiger partial charge in [0.2, 0.25) is 0 Å². The van der Waals surface area contributed by atoms with Gasteiger partial charge in [-0.1, -0.05) is 37.6 Å². The molecule has 1 aromatic rings. The number of unbranched alkanes of at least 4 members (excludes halogenated alkanes) is 1. The van der Waals surface area contributed by atoms with Gasteiger partial charge in [0, 0.05) is 17.8 Å². The highest BCUT2D eigenvalue weighted by Crippen LogP contribution is 2.54. The highest BCUT2D eigenvalue weighted by atomic mass is 16.6. The number of nitrogens with two attached hydrogens (primary N) is 1. The number of benzene rings is 1. The number of nitrogens with zero attached hydrogens (tertiary/aromatic N) is 1. The van der Waals surface area contributed by atoms with E-state index in [9.17, 15) is 19.2 Å². The number of ether oxygens (including phenoxy) is 4. The molecule has 2 N–H and O–H groups in total. The Labute approximate surface area is 215 Å². The van der Waals surface area contributed by atoms with Crippen LogP contribution < -0.4 is 10.6 Å². The fourth-order valence-corrected chi connectivity index (χ4v) is 4.54. The summed E-state index contributed by atoms with van der Waals surface area (Å²) in [6, 6.07) is 6.69. The number of rotatable bonds is 11. The van der Waals surface area contributed by atoms with Gasteiger partial charge in [-0.3, -0.25) is 4.79 Å². The largest absolute Gasteiger partial charge is 0.466 e. The van der Waals surface area contributed by atoms with Crippen molar-refractivity contribution in [3.8, 4) is 0 Å². The van der Waals surface area contributed by atoms with E-state index < -0.39 is 35.7 Å². The number of cyclic esters (lactones) is 1. The van der Waals surface area contributed by atoms with Crippen molar-refractivity contribution in [2.24, 2.45) is 5.73 Å². The van der Waals surface area contributed by atoms with Crippen LogP contribution in [-0.2, 0) is 43.5 Å². The second kappa shape index (κ2) is 11.8. The number of fused-ring (bicyclic) bond motifs is 2. The second-order valence-corrected chi connectivity index (χ2v) is 8.31. The molecule has 1 aromatic carbocycles. The standard InChI is InChI=1S/C27H32N2O8/c1-5-9-15-36-25(32)22-23(28)29(14-6-2)18-13-11-10-12-17(18)27(22)21(24(31)35-8-4)19(37-26(27)33)16-20(30)34-7-3/h6,10-13H,2,5,7-9,14-16,28H2,1,3-4H3/t27-/m1/s1. The molecule has 0 unspecified atom stereocenters. The van der Waals surface area contributed by atoms with Gasteiger partial charge in [0.15, 0.2) is 5.41 Å². The first kappa shape index (κ1) is 27.5. The summed E-state index contributed by atoms with van der Waals surface area (Å²) in [5, 5.41) is 0. The van der Waals surface area contributed by atoms with Crippen LogP contribution in [0.25, 0.3) is 0 Å². The molecular weight excluding hydrogens is 480 g/mol. The number of hydrogen-bond acceptors (Lipinski definition) is 10. The Balaban J connectivity index is 2.39. The molecule has 1 atom stereocenters. The molecule has 2 heterocycles. The minimum absolute atomic E-state index is 0.0288. The Morgan fingerprint density at radius 3 is 2.38 bits per heavy atom. The summed E-state index contributed by atoms with van der Waals surface area (Å²) in [5.74, 6) is -3.86. The second-order valence-electron chi connectivity index (χ2n) is 8.31. The van der Waals surface area contributed by atoms with E-state index in [1.165, 1.54) is 0 Å². The van der Waals surface area contributed by atoms with E-state index in [1.807, 2.05) is 6.92 Å². The fraction of sp³-hybridized carbons (Fsp3) is 0.407. The third-order valence-corrected chi connectivity index (χ3v) is 6.03. The van der Waals surface area contributed by atoms with Crippen LogP contribution in [0.1, 0.15) is 45.6 Å². The van der Waals surface area contributed by atoms with Crippen molar-refractivity contribution in [1.29, 1.82) is 0 Å². The number of carbonyl (C=O) groups is 4. The van der Waals surface area contributed by atoms with Crippen molar-refractivity contribution in [2.45, 2.75) is 45.4 Å². The molecule has 10 heteroatoms. The van der Waals surface area contributed by atoms with E-state index in [4.69, 9.17) is 24.7 Å².